The molecule has 1 fully saturated rings. The highest BCUT2D eigenvalue weighted by molar-refractivity contribution is 5.81. The molecule has 1 aliphatic rings. The molecule has 0 bridgehead atoms. The van der Waals surface area contributed by atoms with E-state index in [1.54, 1.807) is 0 Å². The van der Waals surface area contributed by atoms with Gasteiger partial charge < -0.3 is 0 Å². The summed E-state index contributed by atoms with van der Waals surface area (Å²) in [6.07, 6.45) is 8.99. The quantitative estimate of drug-likeness (QED) is 0.716. The molecule has 104 valence electrons. The average Bonchev–Trinajstić information content (AvgIpc) is 2.48. The molecule has 1 nitrogen and oxygen atoms in total. The maximum atomic E-state index is 12.4. The Morgan fingerprint density at radius 1 is 1.16 bits per heavy atom. The number of ketones is 1. The normalized spacial score (nSPS) is 23.2. The molecule has 1 aliphatic carbocycles. The van der Waals surface area contributed by atoms with Crippen LogP contribution in [-0.4, -0.2) is 5.78 Å². The van der Waals surface area contributed by atoms with Crippen LogP contribution in [-0.2, 0) is 11.2 Å². The van der Waals surface area contributed by atoms with Gasteiger partial charge in [0.25, 0.3) is 0 Å². The highest BCUT2D eigenvalue weighted by atomic mass is 16.1. The van der Waals surface area contributed by atoms with Crippen LogP contribution >= 0.6 is 0 Å². The van der Waals surface area contributed by atoms with Gasteiger partial charge in [0, 0.05) is 12.3 Å². The Labute approximate surface area is 117 Å². The Bertz CT molecular complexity index is 382. The third-order valence-corrected chi connectivity index (χ3v) is 4.58. The van der Waals surface area contributed by atoms with Crippen LogP contribution in [0.15, 0.2) is 30.3 Å². The van der Waals surface area contributed by atoms with Gasteiger partial charge in [0.1, 0.15) is 5.78 Å². The van der Waals surface area contributed by atoms with Gasteiger partial charge >= 0.3 is 0 Å². The molecule has 2 unspecified atom stereocenters. The molecular weight excluding hydrogens is 232 g/mol. The minimum atomic E-state index is 0.370. The van der Waals surface area contributed by atoms with Gasteiger partial charge in [0.05, 0.1) is 0 Å². The Balaban J connectivity index is 1.77. The van der Waals surface area contributed by atoms with Crippen molar-refractivity contribution in [1.82, 2.24) is 0 Å². The van der Waals surface area contributed by atoms with Crippen molar-refractivity contribution >= 4 is 5.78 Å². The molecule has 1 aromatic rings. The lowest BCUT2D eigenvalue weighted by Gasteiger charge is -2.29. The zero-order valence-corrected chi connectivity index (χ0v) is 12.1. The number of carbonyl (C=O) groups is 1. The Morgan fingerprint density at radius 2 is 1.89 bits per heavy atom. The first-order chi connectivity index (χ1) is 9.31. The number of rotatable bonds is 6. The summed E-state index contributed by atoms with van der Waals surface area (Å²) in [5, 5.41) is 0. The molecule has 0 heterocycles. The first kappa shape index (κ1) is 14.3. The second kappa shape index (κ2) is 7.47. The molecule has 0 N–H and O–H groups in total. The van der Waals surface area contributed by atoms with Gasteiger partial charge in [0.15, 0.2) is 0 Å². The Morgan fingerprint density at radius 3 is 2.63 bits per heavy atom. The summed E-state index contributed by atoms with van der Waals surface area (Å²) in [6, 6.07) is 10.5. The first-order valence-corrected chi connectivity index (χ1v) is 7.88. The minimum Gasteiger partial charge on any atom is -0.299 e. The number of hydrogen-bond donors (Lipinski definition) is 0. The van der Waals surface area contributed by atoms with Crippen molar-refractivity contribution in [2.24, 2.45) is 11.8 Å². The third-order valence-electron chi connectivity index (χ3n) is 4.58. The lowest BCUT2D eigenvalue weighted by molar-refractivity contribution is -0.125. The van der Waals surface area contributed by atoms with Gasteiger partial charge in [-0.2, -0.15) is 0 Å². The third kappa shape index (κ3) is 4.19. The Kier molecular flexibility index (Phi) is 5.62. The van der Waals surface area contributed by atoms with Gasteiger partial charge in [-0.25, -0.2) is 0 Å². The second-order valence-electron chi connectivity index (χ2n) is 5.86. The lowest BCUT2D eigenvalue weighted by atomic mass is 9.75. The van der Waals surface area contributed by atoms with E-state index in [-0.39, 0.29) is 0 Å². The zero-order valence-electron chi connectivity index (χ0n) is 12.1. The second-order valence-corrected chi connectivity index (χ2v) is 5.86. The highest BCUT2D eigenvalue weighted by Crippen LogP contribution is 2.33. The van der Waals surface area contributed by atoms with Crippen molar-refractivity contribution in [1.29, 1.82) is 0 Å². The summed E-state index contributed by atoms with van der Waals surface area (Å²) in [4.78, 5) is 12.4. The lowest BCUT2D eigenvalue weighted by Crippen LogP contribution is -2.26. The summed E-state index contributed by atoms with van der Waals surface area (Å²) in [5.41, 5.74) is 1.35. The molecule has 0 amide bonds. The van der Waals surface area contributed by atoms with Crippen LogP contribution in [0, 0.1) is 11.8 Å². The van der Waals surface area contributed by atoms with Gasteiger partial charge in [-0.15, -0.1) is 0 Å². The predicted molar refractivity (Wildman–Crippen MR) is 80.1 cm³/mol. The minimum absolute atomic E-state index is 0.370. The van der Waals surface area contributed by atoms with E-state index >= 15 is 0 Å². The standard InChI is InChI=1S/C18H26O/c1-2-16-12-6-7-13-17(16)18(19)14-8-11-15-9-4-3-5-10-15/h3-5,9-10,16-17H,2,6-8,11-14H2,1H3. The number of benzene rings is 1. The molecule has 19 heavy (non-hydrogen) atoms. The first-order valence-electron chi connectivity index (χ1n) is 7.88. The van der Waals surface area contributed by atoms with Crippen molar-refractivity contribution in [3.63, 3.8) is 0 Å². The molecule has 2 atom stereocenters. The van der Waals surface area contributed by atoms with Crippen molar-refractivity contribution < 1.29 is 4.79 Å². The molecule has 1 saturated carbocycles. The van der Waals surface area contributed by atoms with E-state index in [9.17, 15) is 4.79 Å². The van der Waals surface area contributed by atoms with Crippen LogP contribution in [0.25, 0.3) is 0 Å². The molecule has 2 rings (SSSR count). The Hall–Kier alpha value is -1.11. The molecular formula is C18H26O. The highest BCUT2D eigenvalue weighted by Gasteiger charge is 2.28. The van der Waals surface area contributed by atoms with E-state index in [0.29, 0.717) is 17.6 Å². The van der Waals surface area contributed by atoms with E-state index in [0.717, 1.165) is 25.7 Å². The molecule has 0 radical (unpaired) electrons. The number of hydrogen-bond acceptors (Lipinski definition) is 1. The fourth-order valence-electron chi connectivity index (χ4n) is 3.42. The molecule has 1 aromatic carbocycles. The van der Waals surface area contributed by atoms with Crippen molar-refractivity contribution in [3.05, 3.63) is 35.9 Å². The van der Waals surface area contributed by atoms with Crippen LogP contribution in [0.3, 0.4) is 0 Å². The molecule has 1 heteroatoms. The van der Waals surface area contributed by atoms with Gasteiger partial charge in [0.2, 0.25) is 0 Å². The van der Waals surface area contributed by atoms with Crippen LogP contribution < -0.4 is 0 Å². The average molecular weight is 258 g/mol. The number of Topliss-reactive ketones (excluding diaryl/α,β-unsaturated/α-hetero) is 1. The SMILES string of the molecule is CCC1CCCCC1C(=O)CCCc1ccccc1. The zero-order chi connectivity index (χ0) is 13.5. The van der Waals surface area contributed by atoms with Crippen LogP contribution in [0.5, 0.6) is 0 Å². The van der Waals surface area contributed by atoms with Crippen molar-refractivity contribution in [3.8, 4) is 0 Å². The number of carbonyl (C=O) groups excluding carboxylic acids is 1. The fourth-order valence-corrected chi connectivity index (χ4v) is 3.42. The van der Waals surface area contributed by atoms with E-state index < -0.39 is 0 Å². The topological polar surface area (TPSA) is 17.1 Å². The monoisotopic (exact) mass is 258 g/mol. The largest absolute Gasteiger partial charge is 0.299 e. The van der Waals surface area contributed by atoms with E-state index in [2.05, 4.69) is 31.2 Å². The van der Waals surface area contributed by atoms with Crippen molar-refractivity contribution in [2.75, 3.05) is 0 Å². The van der Waals surface area contributed by atoms with Crippen LogP contribution in [0.2, 0.25) is 0 Å². The maximum Gasteiger partial charge on any atom is 0.136 e. The molecule has 0 aromatic heterocycles. The summed E-state index contributed by atoms with van der Waals surface area (Å²) in [6.45, 7) is 2.24. The maximum absolute atomic E-state index is 12.4. The molecule has 0 aliphatic heterocycles. The fraction of sp³-hybridized carbons (Fsp3) is 0.611. The van der Waals surface area contributed by atoms with Gasteiger partial charge in [-0.3, -0.25) is 4.79 Å². The number of aryl methyl sites for hydroxylation is 1. The van der Waals surface area contributed by atoms with Gasteiger partial charge in [-0.05, 0) is 37.2 Å². The summed E-state index contributed by atoms with van der Waals surface area (Å²) < 4.78 is 0. The van der Waals surface area contributed by atoms with E-state index in [1.165, 1.54) is 31.2 Å². The van der Waals surface area contributed by atoms with Crippen LogP contribution in [0.1, 0.15) is 57.4 Å². The van der Waals surface area contributed by atoms with Crippen LogP contribution in [0.4, 0.5) is 0 Å². The smallest absolute Gasteiger partial charge is 0.136 e. The van der Waals surface area contributed by atoms with E-state index in [1.807, 2.05) is 6.07 Å². The van der Waals surface area contributed by atoms with E-state index in [4.69, 9.17) is 0 Å². The van der Waals surface area contributed by atoms with Crippen molar-refractivity contribution in [2.45, 2.75) is 58.3 Å². The molecule has 0 spiro atoms. The predicted octanol–water partition coefficient (Wildman–Crippen LogP) is 4.79. The molecule has 0 saturated heterocycles. The summed E-state index contributed by atoms with van der Waals surface area (Å²) in [7, 11) is 0. The summed E-state index contributed by atoms with van der Waals surface area (Å²) in [5.74, 6) is 1.56. The summed E-state index contributed by atoms with van der Waals surface area (Å²) >= 11 is 0. The van der Waals surface area contributed by atoms with Gasteiger partial charge in [-0.1, -0.05) is 56.5 Å².